The Balaban J connectivity index is 1.69. The van der Waals surface area contributed by atoms with Gasteiger partial charge in [-0.1, -0.05) is 12.1 Å². The molecule has 1 fully saturated rings. The van der Waals surface area contributed by atoms with Gasteiger partial charge < -0.3 is 15.3 Å². The molecule has 4 nitrogen and oxygen atoms in total. The van der Waals surface area contributed by atoms with E-state index in [-0.39, 0.29) is 5.91 Å². The predicted octanol–water partition coefficient (Wildman–Crippen LogP) is 2.31. The number of carbonyl (C=O) groups is 1. The molecule has 1 heterocycles. The fourth-order valence-corrected chi connectivity index (χ4v) is 2.89. The Labute approximate surface area is 127 Å². The van der Waals surface area contributed by atoms with E-state index in [4.69, 9.17) is 0 Å². The highest BCUT2D eigenvalue weighted by atomic mass is 16.3. The molecule has 0 radical (unpaired) electrons. The average Bonchev–Trinajstić information content (AvgIpc) is 2.47. The Kier molecular flexibility index (Phi) is 5.62. The van der Waals surface area contributed by atoms with Gasteiger partial charge in [0.15, 0.2) is 0 Å². The number of carbonyl (C=O) groups excluding carboxylic acids is 1. The van der Waals surface area contributed by atoms with Crippen molar-refractivity contribution in [2.45, 2.75) is 51.6 Å². The van der Waals surface area contributed by atoms with E-state index in [1.807, 2.05) is 17.0 Å². The highest BCUT2D eigenvalue weighted by Gasteiger charge is 2.21. The standard InChI is InChI=1S/C17H26N2O2/c1-13(3-4-15-5-7-17(21)8-6-15)18-16-9-11-19(12-10-16)14(2)20/h5-8,13,16,18,21H,3-4,9-12H2,1-2H3. The summed E-state index contributed by atoms with van der Waals surface area (Å²) >= 11 is 0. The van der Waals surface area contributed by atoms with Gasteiger partial charge in [-0.3, -0.25) is 4.79 Å². The third kappa shape index (κ3) is 5.05. The van der Waals surface area contributed by atoms with Gasteiger partial charge in [0.25, 0.3) is 0 Å². The zero-order valence-corrected chi connectivity index (χ0v) is 13.0. The number of amides is 1. The van der Waals surface area contributed by atoms with Gasteiger partial charge in [-0.15, -0.1) is 0 Å². The molecular weight excluding hydrogens is 264 g/mol. The van der Waals surface area contributed by atoms with Crippen LogP contribution in [0, 0.1) is 0 Å². The number of hydrogen-bond acceptors (Lipinski definition) is 3. The summed E-state index contributed by atoms with van der Waals surface area (Å²) in [5, 5.41) is 12.9. The second-order valence-electron chi connectivity index (χ2n) is 6.05. The molecule has 4 heteroatoms. The molecule has 1 aromatic rings. The summed E-state index contributed by atoms with van der Waals surface area (Å²) in [7, 11) is 0. The average molecular weight is 290 g/mol. The largest absolute Gasteiger partial charge is 0.508 e. The van der Waals surface area contributed by atoms with E-state index in [1.54, 1.807) is 19.1 Å². The van der Waals surface area contributed by atoms with Crippen LogP contribution in [0.3, 0.4) is 0 Å². The summed E-state index contributed by atoms with van der Waals surface area (Å²) in [6, 6.07) is 8.43. The van der Waals surface area contributed by atoms with E-state index in [2.05, 4.69) is 12.2 Å². The summed E-state index contributed by atoms with van der Waals surface area (Å²) in [5.41, 5.74) is 1.26. The number of likely N-dealkylation sites (tertiary alicyclic amines) is 1. The zero-order chi connectivity index (χ0) is 15.2. The highest BCUT2D eigenvalue weighted by Crippen LogP contribution is 2.14. The van der Waals surface area contributed by atoms with Crippen LogP contribution in [0.4, 0.5) is 0 Å². The Morgan fingerprint density at radius 2 is 1.95 bits per heavy atom. The molecule has 1 aromatic carbocycles. The lowest BCUT2D eigenvalue weighted by atomic mass is 10.0. The number of aryl methyl sites for hydroxylation is 1. The van der Waals surface area contributed by atoms with E-state index < -0.39 is 0 Å². The van der Waals surface area contributed by atoms with Crippen LogP contribution in [0.2, 0.25) is 0 Å². The molecule has 0 aromatic heterocycles. The second kappa shape index (κ2) is 7.46. The van der Waals surface area contributed by atoms with Gasteiger partial charge in [0.1, 0.15) is 5.75 Å². The van der Waals surface area contributed by atoms with Crippen LogP contribution in [0.1, 0.15) is 38.7 Å². The molecule has 1 saturated heterocycles. The van der Waals surface area contributed by atoms with Gasteiger partial charge in [-0.2, -0.15) is 0 Å². The molecule has 1 atom stereocenters. The first-order valence-electron chi connectivity index (χ1n) is 7.84. The van der Waals surface area contributed by atoms with Crippen molar-refractivity contribution in [1.82, 2.24) is 10.2 Å². The lowest BCUT2D eigenvalue weighted by molar-refractivity contribution is -0.129. The molecule has 21 heavy (non-hydrogen) atoms. The number of phenols is 1. The van der Waals surface area contributed by atoms with E-state index in [1.165, 1.54) is 5.56 Å². The van der Waals surface area contributed by atoms with Crippen molar-refractivity contribution >= 4 is 5.91 Å². The Morgan fingerprint density at radius 1 is 1.33 bits per heavy atom. The lowest BCUT2D eigenvalue weighted by Crippen LogP contribution is -2.46. The van der Waals surface area contributed by atoms with Gasteiger partial charge in [0.2, 0.25) is 5.91 Å². The van der Waals surface area contributed by atoms with Crippen LogP contribution in [-0.2, 0) is 11.2 Å². The summed E-state index contributed by atoms with van der Waals surface area (Å²) in [6.45, 7) is 5.61. The molecule has 2 rings (SSSR count). The topological polar surface area (TPSA) is 52.6 Å². The molecular formula is C17H26N2O2. The van der Waals surface area contributed by atoms with Crippen molar-refractivity contribution in [2.75, 3.05) is 13.1 Å². The fraction of sp³-hybridized carbons (Fsp3) is 0.588. The quantitative estimate of drug-likeness (QED) is 0.875. The highest BCUT2D eigenvalue weighted by molar-refractivity contribution is 5.73. The van der Waals surface area contributed by atoms with Crippen molar-refractivity contribution in [3.05, 3.63) is 29.8 Å². The Morgan fingerprint density at radius 3 is 2.52 bits per heavy atom. The number of nitrogens with one attached hydrogen (secondary N) is 1. The predicted molar refractivity (Wildman–Crippen MR) is 84.3 cm³/mol. The monoisotopic (exact) mass is 290 g/mol. The third-order valence-corrected chi connectivity index (χ3v) is 4.26. The minimum absolute atomic E-state index is 0.189. The number of benzene rings is 1. The summed E-state index contributed by atoms with van der Waals surface area (Å²) in [5.74, 6) is 0.510. The summed E-state index contributed by atoms with van der Waals surface area (Å²) < 4.78 is 0. The smallest absolute Gasteiger partial charge is 0.219 e. The first-order valence-corrected chi connectivity index (χ1v) is 7.84. The maximum Gasteiger partial charge on any atom is 0.219 e. The van der Waals surface area contributed by atoms with Gasteiger partial charge >= 0.3 is 0 Å². The Bertz CT molecular complexity index is 450. The summed E-state index contributed by atoms with van der Waals surface area (Å²) in [6.07, 6.45) is 4.19. The van der Waals surface area contributed by atoms with Gasteiger partial charge in [-0.25, -0.2) is 0 Å². The van der Waals surface area contributed by atoms with E-state index >= 15 is 0 Å². The lowest BCUT2D eigenvalue weighted by Gasteiger charge is -2.33. The number of phenolic OH excluding ortho intramolecular Hbond substituents is 1. The minimum Gasteiger partial charge on any atom is -0.508 e. The van der Waals surface area contributed by atoms with Crippen molar-refractivity contribution < 1.29 is 9.90 Å². The number of piperidine rings is 1. The van der Waals surface area contributed by atoms with E-state index in [9.17, 15) is 9.90 Å². The molecule has 1 aliphatic rings. The summed E-state index contributed by atoms with van der Waals surface area (Å²) in [4.78, 5) is 13.2. The van der Waals surface area contributed by atoms with Crippen molar-refractivity contribution in [1.29, 1.82) is 0 Å². The van der Waals surface area contributed by atoms with Crippen LogP contribution < -0.4 is 5.32 Å². The SMILES string of the molecule is CC(=O)N1CCC(NC(C)CCc2ccc(O)cc2)CC1. The zero-order valence-electron chi connectivity index (χ0n) is 13.0. The molecule has 1 amide bonds. The van der Waals surface area contributed by atoms with Crippen LogP contribution in [0.5, 0.6) is 5.75 Å². The Hall–Kier alpha value is -1.55. The molecule has 1 aliphatic heterocycles. The van der Waals surface area contributed by atoms with Crippen molar-refractivity contribution in [3.8, 4) is 5.75 Å². The fourth-order valence-electron chi connectivity index (χ4n) is 2.89. The van der Waals surface area contributed by atoms with E-state index in [0.29, 0.717) is 17.8 Å². The molecule has 0 aliphatic carbocycles. The maximum absolute atomic E-state index is 11.3. The molecule has 116 valence electrons. The van der Waals surface area contributed by atoms with Crippen molar-refractivity contribution in [2.24, 2.45) is 0 Å². The van der Waals surface area contributed by atoms with Crippen LogP contribution in [-0.4, -0.2) is 41.1 Å². The minimum atomic E-state index is 0.189. The number of nitrogens with zero attached hydrogens (tertiary/aromatic N) is 1. The molecule has 0 bridgehead atoms. The van der Waals surface area contributed by atoms with Crippen LogP contribution >= 0.6 is 0 Å². The third-order valence-electron chi connectivity index (χ3n) is 4.26. The molecule has 0 saturated carbocycles. The van der Waals surface area contributed by atoms with Crippen LogP contribution in [0.15, 0.2) is 24.3 Å². The number of hydrogen-bond donors (Lipinski definition) is 2. The first kappa shape index (κ1) is 15.8. The molecule has 0 spiro atoms. The van der Waals surface area contributed by atoms with Gasteiger partial charge in [-0.05, 0) is 50.3 Å². The number of rotatable bonds is 5. The second-order valence-corrected chi connectivity index (χ2v) is 6.05. The normalized spacial score (nSPS) is 17.7. The van der Waals surface area contributed by atoms with Crippen LogP contribution in [0.25, 0.3) is 0 Å². The molecule has 2 N–H and O–H groups in total. The van der Waals surface area contributed by atoms with Gasteiger partial charge in [0, 0.05) is 32.1 Å². The molecule has 1 unspecified atom stereocenters. The van der Waals surface area contributed by atoms with E-state index in [0.717, 1.165) is 38.8 Å². The number of aromatic hydroxyl groups is 1. The first-order chi connectivity index (χ1) is 10.0. The van der Waals surface area contributed by atoms with Gasteiger partial charge in [0.05, 0.1) is 0 Å². The maximum atomic E-state index is 11.3. The van der Waals surface area contributed by atoms with Crippen molar-refractivity contribution in [3.63, 3.8) is 0 Å².